The topological polar surface area (TPSA) is 73.2 Å². The van der Waals surface area contributed by atoms with Crippen LogP contribution in [0.25, 0.3) is 11.0 Å². The molecule has 1 amide bonds. The highest BCUT2D eigenvalue weighted by atomic mass is 16.5. The Morgan fingerprint density at radius 2 is 1.84 bits per heavy atom. The molecule has 0 fully saturated rings. The molecule has 0 atom stereocenters. The number of benzene rings is 2. The van der Waals surface area contributed by atoms with Gasteiger partial charge < -0.3 is 10.1 Å². The lowest BCUT2D eigenvalue weighted by atomic mass is 10.3. The summed E-state index contributed by atoms with van der Waals surface area (Å²) in [6.07, 6.45) is 0.642. The molecule has 2 aromatic carbocycles. The van der Waals surface area contributed by atoms with Gasteiger partial charge in [-0.15, -0.1) is 0 Å². The van der Waals surface area contributed by atoms with E-state index in [0.29, 0.717) is 23.7 Å². The van der Waals surface area contributed by atoms with Gasteiger partial charge in [-0.25, -0.2) is 4.98 Å². The number of imidazole rings is 1. The molecule has 3 rings (SSSR count). The molecule has 0 aliphatic heterocycles. The first kappa shape index (κ1) is 16.7. The second kappa shape index (κ2) is 7.17. The van der Waals surface area contributed by atoms with Gasteiger partial charge in [0.15, 0.2) is 6.61 Å². The summed E-state index contributed by atoms with van der Waals surface area (Å²) in [4.78, 5) is 28.5. The molecular formula is C19H19N3O3. The van der Waals surface area contributed by atoms with Crippen LogP contribution in [0.4, 0.5) is 5.69 Å². The maximum Gasteiger partial charge on any atom is 0.270 e. The predicted octanol–water partition coefficient (Wildman–Crippen LogP) is 3.28. The van der Waals surface area contributed by atoms with Crippen molar-refractivity contribution in [2.45, 2.75) is 20.3 Å². The number of carbonyl (C=O) groups is 2. The van der Waals surface area contributed by atoms with Crippen molar-refractivity contribution in [1.29, 1.82) is 0 Å². The summed E-state index contributed by atoms with van der Waals surface area (Å²) in [5, 5.41) is 2.69. The molecule has 0 unspecified atom stereocenters. The summed E-state index contributed by atoms with van der Waals surface area (Å²) in [5.74, 6) is 0.748. The zero-order valence-electron chi connectivity index (χ0n) is 14.2. The molecule has 0 saturated heterocycles. The molecule has 0 saturated carbocycles. The number of para-hydroxylation sites is 4. The number of carbonyl (C=O) groups excluding carboxylic acids is 2. The Bertz CT molecular complexity index is 931. The molecule has 0 aliphatic rings. The number of fused-ring (bicyclic) bond motifs is 1. The van der Waals surface area contributed by atoms with Crippen molar-refractivity contribution in [3.8, 4) is 5.75 Å². The normalized spacial score (nSPS) is 10.6. The fraction of sp³-hybridized carbons (Fsp3) is 0.211. The molecule has 1 N–H and O–H groups in total. The van der Waals surface area contributed by atoms with Crippen LogP contribution in [0.1, 0.15) is 24.5 Å². The first-order chi connectivity index (χ1) is 12.1. The number of nitrogens with zero attached hydrogens (tertiary/aromatic N) is 2. The first-order valence-corrected chi connectivity index (χ1v) is 8.09. The van der Waals surface area contributed by atoms with E-state index in [1.165, 1.54) is 6.92 Å². The van der Waals surface area contributed by atoms with Gasteiger partial charge in [-0.1, -0.05) is 31.2 Å². The molecule has 6 nitrogen and oxygen atoms in total. The Balaban J connectivity index is 1.84. The van der Waals surface area contributed by atoms with Gasteiger partial charge in [0.25, 0.3) is 5.91 Å². The second-order valence-corrected chi connectivity index (χ2v) is 5.57. The van der Waals surface area contributed by atoms with Crippen LogP contribution in [-0.2, 0) is 11.2 Å². The van der Waals surface area contributed by atoms with Crippen LogP contribution < -0.4 is 10.1 Å². The van der Waals surface area contributed by atoms with Crippen molar-refractivity contribution in [2.75, 3.05) is 11.9 Å². The molecule has 3 aromatic rings. The van der Waals surface area contributed by atoms with Crippen molar-refractivity contribution < 1.29 is 14.3 Å². The van der Waals surface area contributed by atoms with Crippen LogP contribution >= 0.6 is 0 Å². The molecule has 0 radical (unpaired) electrons. The maximum atomic E-state index is 12.7. The van der Waals surface area contributed by atoms with Crippen LogP contribution in [0.5, 0.6) is 5.75 Å². The summed E-state index contributed by atoms with van der Waals surface area (Å²) in [6, 6.07) is 14.5. The Morgan fingerprint density at radius 3 is 2.60 bits per heavy atom. The number of ether oxygens (including phenoxy) is 1. The highest BCUT2D eigenvalue weighted by molar-refractivity contribution is 5.92. The third kappa shape index (κ3) is 3.52. The van der Waals surface area contributed by atoms with Crippen LogP contribution in [0, 0.1) is 0 Å². The monoisotopic (exact) mass is 337 g/mol. The van der Waals surface area contributed by atoms with Gasteiger partial charge in [0.05, 0.1) is 16.7 Å². The standard InChI is InChI=1S/C19H19N3O3/c1-3-18-21-14-8-4-6-10-16(14)22(18)19(24)12-25-17-11-7-5-9-15(17)20-13(2)23/h4-11H,3,12H2,1-2H3,(H,20,23). The number of hydrogen-bond acceptors (Lipinski definition) is 4. The van der Waals surface area contributed by atoms with Crippen LogP contribution in [0.2, 0.25) is 0 Å². The van der Waals surface area contributed by atoms with Crippen LogP contribution in [0.15, 0.2) is 48.5 Å². The van der Waals surface area contributed by atoms with Gasteiger partial charge in [-0.05, 0) is 24.3 Å². The van der Waals surface area contributed by atoms with E-state index in [4.69, 9.17) is 4.74 Å². The lowest BCUT2D eigenvalue weighted by Crippen LogP contribution is -2.21. The largest absolute Gasteiger partial charge is 0.482 e. The number of aromatic nitrogens is 2. The van der Waals surface area contributed by atoms with Gasteiger partial charge in [-0.2, -0.15) is 0 Å². The number of rotatable bonds is 5. The molecule has 0 aliphatic carbocycles. The Hall–Kier alpha value is -3.15. The Labute approximate surface area is 145 Å². The van der Waals surface area contributed by atoms with Crippen molar-refractivity contribution >= 4 is 28.5 Å². The molecule has 6 heteroatoms. The van der Waals surface area contributed by atoms with Gasteiger partial charge in [-0.3, -0.25) is 14.2 Å². The van der Waals surface area contributed by atoms with Crippen molar-refractivity contribution in [3.05, 3.63) is 54.4 Å². The number of aryl methyl sites for hydroxylation is 1. The number of hydrogen-bond donors (Lipinski definition) is 1. The number of amides is 1. The molecule has 0 bridgehead atoms. The van der Waals surface area contributed by atoms with E-state index in [1.54, 1.807) is 28.8 Å². The molecule has 25 heavy (non-hydrogen) atoms. The molecule has 1 aromatic heterocycles. The quantitative estimate of drug-likeness (QED) is 0.775. The zero-order valence-corrected chi connectivity index (χ0v) is 14.2. The second-order valence-electron chi connectivity index (χ2n) is 5.57. The predicted molar refractivity (Wildman–Crippen MR) is 96.0 cm³/mol. The highest BCUT2D eigenvalue weighted by Gasteiger charge is 2.16. The summed E-state index contributed by atoms with van der Waals surface area (Å²) < 4.78 is 7.25. The van der Waals surface area contributed by atoms with E-state index in [0.717, 1.165) is 11.0 Å². The van der Waals surface area contributed by atoms with Crippen molar-refractivity contribution in [1.82, 2.24) is 9.55 Å². The number of nitrogens with one attached hydrogen (secondary N) is 1. The summed E-state index contributed by atoms with van der Waals surface area (Å²) in [7, 11) is 0. The zero-order chi connectivity index (χ0) is 17.8. The van der Waals surface area contributed by atoms with E-state index < -0.39 is 0 Å². The van der Waals surface area contributed by atoms with Gasteiger partial charge in [0.2, 0.25) is 5.91 Å². The molecule has 128 valence electrons. The van der Waals surface area contributed by atoms with E-state index in [9.17, 15) is 9.59 Å². The Morgan fingerprint density at radius 1 is 1.12 bits per heavy atom. The first-order valence-electron chi connectivity index (χ1n) is 8.09. The minimum atomic E-state index is -0.205. The Kier molecular flexibility index (Phi) is 4.79. The number of anilines is 1. The van der Waals surface area contributed by atoms with E-state index in [1.807, 2.05) is 31.2 Å². The SMILES string of the molecule is CCc1nc2ccccc2n1C(=O)COc1ccccc1NC(C)=O. The third-order valence-electron chi connectivity index (χ3n) is 3.74. The fourth-order valence-electron chi connectivity index (χ4n) is 2.68. The summed E-state index contributed by atoms with van der Waals surface area (Å²) >= 11 is 0. The van der Waals surface area contributed by atoms with E-state index >= 15 is 0 Å². The fourth-order valence-corrected chi connectivity index (χ4v) is 2.68. The minimum absolute atomic E-state index is 0.149. The van der Waals surface area contributed by atoms with E-state index in [2.05, 4.69) is 10.3 Å². The molecule has 1 heterocycles. The third-order valence-corrected chi connectivity index (χ3v) is 3.74. The van der Waals surface area contributed by atoms with E-state index in [-0.39, 0.29) is 18.4 Å². The summed E-state index contributed by atoms with van der Waals surface area (Å²) in [5.41, 5.74) is 2.09. The highest BCUT2D eigenvalue weighted by Crippen LogP contribution is 2.24. The van der Waals surface area contributed by atoms with Crippen molar-refractivity contribution in [2.24, 2.45) is 0 Å². The smallest absolute Gasteiger partial charge is 0.270 e. The van der Waals surface area contributed by atoms with Gasteiger partial charge >= 0.3 is 0 Å². The summed E-state index contributed by atoms with van der Waals surface area (Å²) in [6.45, 7) is 3.23. The molecule has 0 spiro atoms. The van der Waals surface area contributed by atoms with Crippen LogP contribution in [0.3, 0.4) is 0 Å². The minimum Gasteiger partial charge on any atom is -0.482 e. The average molecular weight is 337 g/mol. The lowest BCUT2D eigenvalue weighted by Gasteiger charge is -2.12. The lowest BCUT2D eigenvalue weighted by molar-refractivity contribution is -0.114. The molecular weight excluding hydrogens is 318 g/mol. The van der Waals surface area contributed by atoms with Crippen molar-refractivity contribution in [3.63, 3.8) is 0 Å². The van der Waals surface area contributed by atoms with Crippen LogP contribution in [-0.4, -0.2) is 28.0 Å². The van der Waals surface area contributed by atoms with Gasteiger partial charge in [0.1, 0.15) is 11.6 Å². The maximum absolute atomic E-state index is 12.7. The average Bonchev–Trinajstić information content (AvgIpc) is 2.99. The van der Waals surface area contributed by atoms with Gasteiger partial charge in [0, 0.05) is 13.3 Å².